The molecule has 9 heteroatoms. The molecule has 29 heavy (non-hydrogen) atoms. The number of carboxylic acid groups (broad SMARTS) is 1. The van der Waals surface area contributed by atoms with Crippen LogP contribution in [0, 0.1) is 11.8 Å². The third kappa shape index (κ3) is 9.23. The summed E-state index contributed by atoms with van der Waals surface area (Å²) >= 11 is 0. The van der Waals surface area contributed by atoms with Crippen molar-refractivity contribution in [3.8, 4) is 0 Å². The molecule has 0 bridgehead atoms. The predicted octanol–water partition coefficient (Wildman–Crippen LogP) is 5.14. The second-order valence-electron chi connectivity index (χ2n) is 7.83. The van der Waals surface area contributed by atoms with Gasteiger partial charge in [-0.1, -0.05) is 44.8 Å². The molecule has 0 amide bonds. The molecule has 1 fully saturated rings. The zero-order valence-electron chi connectivity index (χ0n) is 19.0. The van der Waals surface area contributed by atoms with E-state index in [0.717, 1.165) is 31.8 Å². The second-order valence-corrected chi connectivity index (χ2v) is 8.30. The van der Waals surface area contributed by atoms with Gasteiger partial charge in [0.15, 0.2) is 0 Å². The Morgan fingerprint density at radius 3 is 2.59 bits per heavy atom. The maximum atomic E-state index is 14.1. The average Bonchev–Trinajstić information content (AvgIpc) is 3.03. The van der Waals surface area contributed by atoms with E-state index in [2.05, 4.69) is 0 Å². The Hall–Kier alpha value is -0.190. The van der Waals surface area contributed by atoms with Crippen molar-refractivity contribution in [2.75, 3.05) is 0 Å². The Kier molecular flexibility index (Phi) is 11.3. The van der Waals surface area contributed by atoms with E-state index in [1.54, 1.807) is 6.08 Å². The van der Waals surface area contributed by atoms with E-state index < -0.39 is 36.8 Å². The highest BCUT2D eigenvalue weighted by atomic mass is 31.0. The lowest BCUT2D eigenvalue weighted by Crippen LogP contribution is -2.32. The Labute approximate surface area is 180 Å². The van der Waals surface area contributed by atoms with Crippen LogP contribution in [0.4, 0.5) is 8.78 Å². The summed E-state index contributed by atoms with van der Waals surface area (Å²) in [5.41, 5.74) is 0. The zero-order valence-corrected chi connectivity index (χ0v) is 19.0. The van der Waals surface area contributed by atoms with Crippen LogP contribution in [0.3, 0.4) is 0 Å². The molecule has 5 nitrogen and oxygen atoms in total. The number of hydrogen-bond acceptors (Lipinski definition) is 4. The van der Waals surface area contributed by atoms with E-state index in [0.29, 0.717) is 25.7 Å². The van der Waals surface area contributed by atoms with Gasteiger partial charge in [-0.2, -0.15) is 0 Å². The minimum Gasteiger partial charge on any atom is -0.481 e. The number of unbranched alkanes of at least 4 members (excludes halogenated alkanes) is 4. The number of carboxylic acids is 1. The molecule has 0 saturated heterocycles. The summed E-state index contributed by atoms with van der Waals surface area (Å²) in [7, 11) is -0.963. The van der Waals surface area contributed by atoms with Crippen LogP contribution >= 0.6 is 18.8 Å². The largest absolute Gasteiger partial charge is 0.481 e. The minimum absolute atomic E-state index is 0.0635. The maximum Gasteiger partial charge on any atom is 0.303 e. The summed E-state index contributed by atoms with van der Waals surface area (Å²) in [6, 6.07) is 0. The Bertz CT molecular complexity index is 546. The zero-order chi connectivity index (χ0) is 23.3. The fourth-order valence-corrected chi connectivity index (χ4v) is 4.46. The number of hydrogen-bond donors (Lipinski definition) is 2. The first-order chi connectivity index (χ1) is 14.8. The number of carbonyl (C=O) groups is 1. The summed E-state index contributed by atoms with van der Waals surface area (Å²) in [5, 5.41) is 18.7. The Balaban J connectivity index is 2.80. The summed E-state index contributed by atoms with van der Waals surface area (Å²) in [6.45, 7) is 1.82. The van der Waals surface area contributed by atoms with E-state index in [1.807, 2.05) is 6.92 Å². The molecule has 1 aliphatic carbocycles. The third-order valence-electron chi connectivity index (χ3n) is 5.66. The number of alkyl halides is 2. The second kappa shape index (κ2) is 14.0. The van der Waals surface area contributed by atoms with Crippen LogP contribution in [0.1, 0.15) is 71.1 Å². The van der Waals surface area contributed by atoms with Crippen molar-refractivity contribution in [1.82, 2.24) is 0 Å². The standard InChI is InChI=1S/C20H36F2O5P2/c1-2-3-12-20(21,22)18(23)11-10-15-14(16(26-28)13-17(15)27-29)8-6-4-5-7-9-19(24)25/h10-11,14-18,23H,2-9,12-13,28-29H2,1H3,(H,24,25)/t14?,15-,16+,17-,18?/m1/s1/i28T,29T/t14?,15-,16+,17-,18?,28?,29?. The molecule has 4 unspecified atom stereocenters. The van der Waals surface area contributed by atoms with Gasteiger partial charge in [0.1, 0.15) is 6.10 Å². The number of aliphatic hydroxyl groups is 1. The molecular formula is C20H36F2O5P2. The molecule has 0 aromatic carbocycles. The lowest BCUT2D eigenvalue weighted by atomic mass is 9.87. The number of halogens is 2. The van der Waals surface area contributed by atoms with E-state index >= 15 is 0 Å². The van der Waals surface area contributed by atoms with Crippen LogP contribution in [0.2, 0.25) is 0 Å². The molecule has 1 saturated carbocycles. The monoisotopic (exact) mass is 460 g/mol. The molecular weight excluding hydrogens is 420 g/mol. The number of aliphatic carboxylic acids is 1. The summed E-state index contributed by atoms with van der Waals surface area (Å²) < 4.78 is 54.3. The Morgan fingerprint density at radius 2 is 1.93 bits per heavy atom. The molecule has 0 spiro atoms. The fourth-order valence-electron chi connectivity index (χ4n) is 3.94. The molecule has 1 aliphatic rings. The summed E-state index contributed by atoms with van der Waals surface area (Å²) in [4.78, 5) is 10.6. The topological polar surface area (TPSA) is 76.0 Å². The SMILES string of the molecule is [3H]PO[C@H]1C[C@@H](OP[3H])[C@H](C=CC(O)C(F)(F)CCCC)C1CCCCCCC(=O)O. The molecule has 1 rings (SSSR count). The van der Waals surface area contributed by atoms with Gasteiger partial charge in [-0.15, -0.1) is 0 Å². The highest BCUT2D eigenvalue weighted by molar-refractivity contribution is 7.10. The minimum atomic E-state index is -3.20. The molecule has 2 N–H and O–H groups in total. The summed E-state index contributed by atoms with van der Waals surface area (Å²) in [6.07, 6.45) is 5.22. The Morgan fingerprint density at radius 1 is 1.24 bits per heavy atom. The lowest BCUT2D eigenvalue weighted by molar-refractivity contribution is -0.137. The van der Waals surface area contributed by atoms with Gasteiger partial charge >= 0.3 is 5.97 Å². The van der Waals surface area contributed by atoms with E-state index in [-0.39, 0.29) is 36.9 Å². The number of aliphatic hydroxyl groups excluding tert-OH is 1. The van der Waals surface area contributed by atoms with Gasteiger partial charge in [0.05, 0.1) is 14.8 Å². The van der Waals surface area contributed by atoms with Gasteiger partial charge in [0, 0.05) is 44.0 Å². The van der Waals surface area contributed by atoms with Gasteiger partial charge in [-0.3, -0.25) is 4.79 Å². The molecule has 0 aromatic heterocycles. The smallest absolute Gasteiger partial charge is 0.303 e. The van der Waals surface area contributed by atoms with Crippen LogP contribution in [0.25, 0.3) is 0 Å². The van der Waals surface area contributed by atoms with Crippen LogP contribution in [0.5, 0.6) is 0 Å². The lowest BCUT2D eigenvalue weighted by Gasteiger charge is -2.25. The van der Waals surface area contributed by atoms with Gasteiger partial charge in [-0.25, -0.2) is 8.78 Å². The fraction of sp³-hybridized carbons (Fsp3) is 0.850. The van der Waals surface area contributed by atoms with Gasteiger partial charge < -0.3 is 19.3 Å². The van der Waals surface area contributed by atoms with Crippen molar-refractivity contribution in [3.05, 3.63) is 12.2 Å². The first kappa shape index (κ1) is 23.5. The van der Waals surface area contributed by atoms with Gasteiger partial charge in [-0.05, 0) is 25.2 Å². The first-order valence-corrected chi connectivity index (χ1v) is 11.2. The van der Waals surface area contributed by atoms with Crippen molar-refractivity contribution in [2.24, 2.45) is 11.8 Å². The third-order valence-corrected chi connectivity index (χ3v) is 6.26. The van der Waals surface area contributed by atoms with E-state index in [1.165, 1.54) is 0 Å². The van der Waals surface area contributed by atoms with Crippen LogP contribution in [-0.2, 0) is 13.8 Å². The molecule has 170 valence electrons. The maximum absolute atomic E-state index is 14.1. The molecule has 0 aromatic rings. The van der Waals surface area contributed by atoms with Crippen molar-refractivity contribution in [1.29, 1.82) is 2.56 Å². The van der Waals surface area contributed by atoms with Crippen LogP contribution in [-0.4, -0.2) is 43.0 Å². The summed E-state index contributed by atoms with van der Waals surface area (Å²) in [5.74, 6) is -4.35. The molecule has 0 heterocycles. The highest BCUT2D eigenvalue weighted by Gasteiger charge is 2.43. The normalized spacial score (nSPS) is 28.0. The van der Waals surface area contributed by atoms with E-state index in [4.69, 9.17) is 16.7 Å². The van der Waals surface area contributed by atoms with Gasteiger partial charge in [0.25, 0.3) is 5.92 Å². The predicted molar refractivity (Wildman–Crippen MR) is 116 cm³/mol. The quantitative estimate of drug-likeness (QED) is 0.179. The number of rotatable bonds is 17. The van der Waals surface area contributed by atoms with Crippen LogP contribution < -0.4 is 0 Å². The van der Waals surface area contributed by atoms with Crippen molar-refractivity contribution in [3.63, 3.8) is 0 Å². The average molecular weight is 460 g/mol. The van der Waals surface area contributed by atoms with Crippen molar-refractivity contribution >= 4 is 24.8 Å². The molecule has 0 radical (unpaired) electrons. The van der Waals surface area contributed by atoms with Crippen molar-refractivity contribution < 1.29 is 32.8 Å². The van der Waals surface area contributed by atoms with Gasteiger partial charge in [0.2, 0.25) is 0 Å². The first-order valence-electron chi connectivity index (χ1n) is 11.4. The molecule has 7 atom stereocenters. The molecule has 0 aliphatic heterocycles. The highest BCUT2D eigenvalue weighted by Crippen LogP contribution is 2.42. The van der Waals surface area contributed by atoms with Crippen molar-refractivity contribution in [2.45, 2.75) is 95.4 Å². The van der Waals surface area contributed by atoms with E-state index in [9.17, 15) is 18.7 Å². The van der Waals surface area contributed by atoms with Crippen LogP contribution in [0.15, 0.2) is 12.2 Å².